The van der Waals surface area contributed by atoms with Crippen molar-refractivity contribution in [1.82, 2.24) is 5.32 Å². The highest BCUT2D eigenvalue weighted by Gasteiger charge is 2.15. The van der Waals surface area contributed by atoms with Crippen LogP contribution in [0, 0.1) is 0 Å². The second-order valence-electron chi connectivity index (χ2n) is 5.83. The number of urea groups is 1. The van der Waals surface area contributed by atoms with Crippen LogP contribution < -0.4 is 24.8 Å². The van der Waals surface area contributed by atoms with Gasteiger partial charge >= 0.3 is 6.03 Å². The van der Waals surface area contributed by atoms with Crippen molar-refractivity contribution < 1.29 is 23.8 Å². The van der Waals surface area contributed by atoms with E-state index in [-0.39, 0.29) is 5.78 Å². The average molecular weight is 433 g/mol. The van der Waals surface area contributed by atoms with Crippen molar-refractivity contribution in [3.8, 4) is 17.2 Å². The van der Waals surface area contributed by atoms with E-state index in [9.17, 15) is 9.59 Å². The second kappa shape index (κ2) is 9.44. The minimum Gasteiger partial charge on any atom is -0.493 e. The van der Waals surface area contributed by atoms with E-state index in [1.165, 1.54) is 44.0 Å². The molecule has 2 N–H and O–H groups in total. The van der Waals surface area contributed by atoms with Crippen LogP contribution in [0.4, 0.5) is 10.5 Å². The largest absolute Gasteiger partial charge is 0.493 e. The molecule has 2 aromatic heterocycles. The SMILES string of the molecule is COc1cc(NC(=O)NCc2ccc(C(=O)c3ccsc3)s2)cc(OC)c1OC. The van der Waals surface area contributed by atoms with E-state index in [2.05, 4.69) is 10.6 Å². The fourth-order valence-electron chi connectivity index (χ4n) is 2.63. The van der Waals surface area contributed by atoms with Gasteiger partial charge in [0.1, 0.15) is 0 Å². The molecule has 7 nitrogen and oxygen atoms in total. The molecular weight excluding hydrogens is 412 g/mol. The Kier molecular flexibility index (Phi) is 6.73. The molecule has 0 fully saturated rings. The summed E-state index contributed by atoms with van der Waals surface area (Å²) in [5, 5.41) is 9.21. The maximum absolute atomic E-state index is 12.4. The van der Waals surface area contributed by atoms with E-state index in [0.29, 0.717) is 39.9 Å². The van der Waals surface area contributed by atoms with E-state index in [0.717, 1.165) is 4.88 Å². The number of benzene rings is 1. The quantitative estimate of drug-likeness (QED) is 0.516. The molecule has 0 bridgehead atoms. The molecule has 2 amide bonds. The molecule has 0 saturated carbocycles. The van der Waals surface area contributed by atoms with Crippen LogP contribution in [-0.4, -0.2) is 33.1 Å². The van der Waals surface area contributed by atoms with Gasteiger partial charge in [0.2, 0.25) is 11.5 Å². The molecule has 152 valence electrons. The van der Waals surface area contributed by atoms with Gasteiger partial charge in [0, 0.05) is 28.0 Å². The molecule has 0 radical (unpaired) electrons. The molecule has 29 heavy (non-hydrogen) atoms. The van der Waals surface area contributed by atoms with E-state index in [4.69, 9.17) is 14.2 Å². The molecule has 0 saturated heterocycles. The maximum Gasteiger partial charge on any atom is 0.319 e. The molecule has 3 aromatic rings. The van der Waals surface area contributed by atoms with Crippen LogP contribution in [0.15, 0.2) is 41.1 Å². The molecule has 2 heterocycles. The number of carbonyl (C=O) groups is 2. The Labute approximate surface area is 176 Å². The van der Waals surface area contributed by atoms with E-state index in [1.54, 1.807) is 24.3 Å². The van der Waals surface area contributed by atoms with Gasteiger partial charge in [0.05, 0.1) is 38.4 Å². The van der Waals surface area contributed by atoms with Gasteiger partial charge in [-0.2, -0.15) is 11.3 Å². The van der Waals surface area contributed by atoms with Crippen molar-refractivity contribution in [1.29, 1.82) is 0 Å². The van der Waals surface area contributed by atoms with Crippen LogP contribution in [0.25, 0.3) is 0 Å². The normalized spacial score (nSPS) is 10.3. The Morgan fingerprint density at radius 1 is 1.00 bits per heavy atom. The predicted molar refractivity (Wildman–Crippen MR) is 114 cm³/mol. The van der Waals surface area contributed by atoms with Crippen LogP contribution >= 0.6 is 22.7 Å². The summed E-state index contributed by atoms with van der Waals surface area (Å²) in [4.78, 5) is 26.1. The third-order valence-corrected chi connectivity index (χ3v) is 5.78. The Bertz CT molecular complexity index is 973. The molecule has 0 aliphatic carbocycles. The van der Waals surface area contributed by atoms with E-state index < -0.39 is 6.03 Å². The Morgan fingerprint density at radius 2 is 1.72 bits per heavy atom. The van der Waals surface area contributed by atoms with Crippen LogP contribution in [-0.2, 0) is 6.54 Å². The lowest BCUT2D eigenvalue weighted by Gasteiger charge is -2.14. The summed E-state index contributed by atoms with van der Waals surface area (Å²) < 4.78 is 15.8. The molecular formula is C20H20N2O5S2. The van der Waals surface area contributed by atoms with Crippen molar-refractivity contribution in [2.24, 2.45) is 0 Å². The fraction of sp³-hybridized carbons (Fsp3) is 0.200. The lowest BCUT2D eigenvalue weighted by atomic mass is 10.2. The van der Waals surface area contributed by atoms with Crippen LogP contribution in [0.3, 0.4) is 0 Å². The summed E-state index contributed by atoms with van der Waals surface area (Å²) in [6, 6.07) is 8.31. The molecule has 0 aliphatic heterocycles. The first-order valence-electron chi connectivity index (χ1n) is 8.56. The van der Waals surface area contributed by atoms with Crippen molar-refractivity contribution in [3.63, 3.8) is 0 Å². The summed E-state index contributed by atoms with van der Waals surface area (Å²) in [6.07, 6.45) is 0. The Balaban J connectivity index is 1.61. The van der Waals surface area contributed by atoms with Gasteiger partial charge in [-0.3, -0.25) is 4.79 Å². The van der Waals surface area contributed by atoms with Gasteiger partial charge in [-0.25, -0.2) is 4.79 Å². The van der Waals surface area contributed by atoms with Gasteiger partial charge in [-0.1, -0.05) is 0 Å². The van der Waals surface area contributed by atoms with Gasteiger partial charge < -0.3 is 24.8 Å². The first-order valence-corrected chi connectivity index (χ1v) is 10.3. The lowest BCUT2D eigenvalue weighted by Crippen LogP contribution is -2.27. The fourth-order valence-corrected chi connectivity index (χ4v) is 4.17. The number of methoxy groups -OCH3 is 3. The first kappa shape index (κ1) is 20.7. The molecule has 1 aromatic carbocycles. The highest BCUT2D eigenvalue weighted by Crippen LogP contribution is 2.39. The zero-order chi connectivity index (χ0) is 20.8. The number of amides is 2. The highest BCUT2D eigenvalue weighted by atomic mass is 32.1. The number of anilines is 1. The van der Waals surface area contributed by atoms with Gasteiger partial charge in [-0.15, -0.1) is 11.3 Å². The minimum absolute atomic E-state index is 0.00984. The van der Waals surface area contributed by atoms with Crippen molar-refractivity contribution in [2.45, 2.75) is 6.54 Å². The Morgan fingerprint density at radius 3 is 2.31 bits per heavy atom. The average Bonchev–Trinajstić information content (AvgIpc) is 3.43. The second-order valence-corrected chi connectivity index (χ2v) is 7.78. The number of rotatable bonds is 8. The van der Waals surface area contributed by atoms with Crippen LogP contribution in [0.1, 0.15) is 20.1 Å². The summed E-state index contributed by atoms with van der Waals surface area (Å²) in [5.41, 5.74) is 1.17. The summed E-state index contributed by atoms with van der Waals surface area (Å²) in [6.45, 7) is 0.303. The van der Waals surface area contributed by atoms with Gasteiger partial charge in [0.25, 0.3) is 0 Å². The molecule has 0 spiro atoms. The van der Waals surface area contributed by atoms with Gasteiger partial charge in [-0.05, 0) is 23.6 Å². The number of hydrogen-bond donors (Lipinski definition) is 2. The van der Waals surface area contributed by atoms with Gasteiger partial charge in [0.15, 0.2) is 11.5 Å². The lowest BCUT2D eigenvalue weighted by molar-refractivity contribution is 0.104. The summed E-state index contributed by atoms with van der Waals surface area (Å²) >= 11 is 2.85. The maximum atomic E-state index is 12.4. The summed E-state index contributed by atoms with van der Waals surface area (Å²) in [5.74, 6) is 1.32. The van der Waals surface area contributed by atoms with Crippen molar-refractivity contribution in [3.05, 3.63) is 56.4 Å². The molecule has 3 rings (SSSR count). The number of ether oxygens (including phenoxy) is 3. The molecule has 0 atom stereocenters. The molecule has 0 unspecified atom stereocenters. The topological polar surface area (TPSA) is 85.9 Å². The first-order chi connectivity index (χ1) is 14.0. The number of thiophene rings is 2. The zero-order valence-electron chi connectivity index (χ0n) is 16.1. The monoisotopic (exact) mass is 432 g/mol. The smallest absolute Gasteiger partial charge is 0.319 e. The number of nitrogens with one attached hydrogen (secondary N) is 2. The number of ketones is 1. The highest BCUT2D eigenvalue weighted by molar-refractivity contribution is 7.14. The molecule has 9 heteroatoms. The molecule has 0 aliphatic rings. The number of hydrogen-bond acceptors (Lipinski definition) is 7. The summed E-state index contributed by atoms with van der Waals surface area (Å²) in [7, 11) is 4.53. The van der Waals surface area contributed by atoms with Crippen LogP contribution in [0.2, 0.25) is 0 Å². The zero-order valence-corrected chi connectivity index (χ0v) is 17.7. The standard InChI is InChI=1S/C20H20N2O5S2/c1-25-15-8-13(9-16(26-2)19(15)27-3)22-20(24)21-10-14-4-5-17(29-14)18(23)12-6-7-28-11-12/h4-9,11H,10H2,1-3H3,(H2,21,22,24). The number of carbonyl (C=O) groups excluding carboxylic acids is 2. The third-order valence-electron chi connectivity index (χ3n) is 4.01. The van der Waals surface area contributed by atoms with Crippen molar-refractivity contribution >= 4 is 40.2 Å². The van der Waals surface area contributed by atoms with E-state index in [1.807, 2.05) is 16.8 Å². The minimum atomic E-state index is -0.390. The Hall–Kier alpha value is -3.04. The van der Waals surface area contributed by atoms with Crippen molar-refractivity contribution in [2.75, 3.05) is 26.6 Å². The van der Waals surface area contributed by atoms with Crippen LogP contribution in [0.5, 0.6) is 17.2 Å². The van der Waals surface area contributed by atoms with E-state index >= 15 is 0 Å². The predicted octanol–water partition coefficient (Wildman–Crippen LogP) is 4.39. The third kappa shape index (κ3) is 4.87.